The van der Waals surface area contributed by atoms with E-state index in [1.807, 2.05) is 0 Å². The zero-order valence-electron chi connectivity index (χ0n) is 5.83. The summed E-state index contributed by atoms with van der Waals surface area (Å²) in [6.45, 7) is 2.08. The lowest BCUT2D eigenvalue weighted by Crippen LogP contribution is -2.20. The Hall–Kier alpha value is -0.900. The summed E-state index contributed by atoms with van der Waals surface area (Å²) in [5, 5.41) is 8.14. The number of carboxylic acid groups (broad SMARTS) is 1. The van der Waals surface area contributed by atoms with E-state index < -0.39 is 11.8 Å². The molecule has 0 rings (SSSR count). The average Bonchev–Trinajstić information content (AvgIpc) is 1.87. The molecule has 1 atom stereocenters. The number of Topliss-reactive ketones (excluding diaryl/α,β-unsaturated/α-hetero) is 1. The maximum atomic E-state index is 10.5. The van der Waals surface area contributed by atoms with Crippen molar-refractivity contribution in [2.75, 3.05) is 6.54 Å². The molecule has 10 heavy (non-hydrogen) atoms. The molecule has 0 bridgehead atoms. The monoisotopic (exact) mass is 145 g/mol. The number of hydrogen-bond donors (Lipinski definition) is 2. The number of carboxylic acids is 1. The maximum Gasteiger partial charge on any atom is 0.372 e. The van der Waals surface area contributed by atoms with E-state index in [-0.39, 0.29) is 12.3 Å². The van der Waals surface area contributed by atoms with Crippen molar-refractivity contribution >= 4 is 11.8 Å². The van der Waals surface area contributed by atoms with Crippen LogP contribution >= 0.6 is 0 Å². The number of carbonyl (C=O) groups is 2. The quantitative estimate of drug-likeness (QED) is 0.528. The lowest BCUT2D eigenvalue weighted by atomic mass is 10.1. The summed E-state index contributed by atoms with van der Waals surface area (Å²) >= 11 is 0. The van der Waals surface area contributed by atoms with Crippen LogP contribution in [0.25, 0.3) is 0 Å². The SMILES string of the molecule is CC(CN)CC(=O)C(=O)O. The Morgan fingerprint density at radius 3 is 2.40 bits per heavy atom. The first-order valence-electron chi connectivity index (χ1n) is 3.04. The summed E-state index contributed by atoms with van der Waals surface area (Å²) in [6.07, 6.45) is 0.0336. The van der Waals surface area contributed by atoms with Crippen LogP contribution in [0.4, 0.5) is 0 Å². The van der Waals surface area contributed by atoms with Crippen LogP contribution in [0, 0.1) is 5.92 Å². The van der Waals surface area contributed by atoms with Crippen molar-refractivity contribution in [3.8, 4) is 0 Å². The predicted octanol–water partition coefficient (Wildman–Crippen LogP) is -0.375. The van der Waals surface area contributed by atoms with Crippen molar-refractivity contribution in [2.24, 2.45) is 11.7 Å². The number of nitrogens with two attached hydrogens (primary N) is 1. The van der Waals surface area contributed by atoms with Crippen LogP contribution in [-0.2, 0) is 9.59 Å². The largest absolute Gasteiger partial charge is 0.476 e. The number of carbonyl (C=O) groups excluding carboxylic acids is 1. The Morgan fingerprint density at radius 1 is 1.60 bits per heavy atom. The molecule has 0 fully saturated rings. The first-order valence-corrected chi connectivity index (χ1v) is 3.04. The highest BCUT2D eigenvalue weighted by Crippen LogP contribution is 1.98. The van der Waals surface area contributed by atoms with Gasteiger partial charge in [0, 0.05) is 6.42 Å². The Labute approximate surface area is 59.0 Å². The summed E-state index contributed by atoms with van der Waals surface area (Å²) in [7, 11) is 0. The smallest absolute Gasteiger partial charge is 0.372 e. The average molecular weight is 145 g/mol. The van der Waals surface area contributed by atoms with E-state index in [1.54, 1.807) is 6.92 Å². The van der Waals surface area contributed by atoms with Crippen LogP contribution in [0.2, 0.25) is 0 Å². The lowest BCUT2D eigenvalue weighted by molar-refractivity contribution is -0.149. The molecule has 0 amide bonds. The van der Waals surface area contributed by atoms with E-state index in [2.05, 4.69) is 0 Å². The molecule has 58 valence electrons. The summed E-state index contributed by atoms with van der Waals surface area (Å²) in [5.74, 6) is -2.18. The molecule has 0 aromatic heterocycles. The molecule has 4 heteroatoms. The van der Waals surface area contributed by atoms with Gasteiger partial charge in [-0.15, -0.1) is 0 Å². The third kappa shape index (κ3) is 3.19. The zero-order chi connectivity index (χ0) is 8.15. The Kier molecular flexibility index (Phi) is 3.64. The number of hydrogen-bond acceptors (Lipinski definition) is 3. The third-order valence-electron chi connectivity index (χ3n) is 1.17. The minimum Gasteiger partial charge on any atom is -0.476 e. The van der Waals surface area contributed by atoms with E-state index in [0.29, 0.717) is 6.54 Å². The van der Waals surface area contributed by atoms with Crippen molar-refractivity contribution in [3.05, 3.63) is 0 Å². The standard InChI is InChI=1S/C6H11NO3/c1-4(3-7)2-5(8)6(9)10/h4H,2-3,7H2,1H3,(H,9,10). The fraction of sp³-hybridized carbons (Fsp3) is 0.667. The van der Waals surface area contributed by atoms with Gasteiger partial charge in [0.15, 0.2) is 0 Å². The minimum atomic E-state index is -1.37. The van der Waals surface area contributed by atoms with E-state index in [4.69, 9.17) is 10.8 Å². The molecule has 0 aromatic carbocycles. The summed E-state index contributed by atoms with van der Waals surface area (Å²) in [4.78, 5) is 20.4. The molecule has 0 saturated heterocycles. The van der Waals surface area contributed by atoms with Gasteiger partial charge in [-0.05, 0) is 12.5 Å². The van der Waals surface area contributed by atoms with Gasteiger partial charge in [-0.1, -0.05) is 6.92 Å². The molecule has 0 saturated carbocycles. The number of ketones is 1. The van der Waals surface area contributed by atoms with Crippen molar-refractivity contribution in [2.45, 2.75) is 13.3 Å². The Balaban J connectivity index is 3.68. The second-order valence-corrected chi connectivity index (χ2v) is 2.27. The summed E-state index contributed by atoms with van der Waals surface area (Å²) < 4.78 is 0. The normalized spacial score (nSPS) is 12.6. The fourth-order valence-electron chi connectivity index (χ4n) is 0.487. The van der Waals surface area contributed by atoms with E-state index >= 15 is 0 Å². The van der Waals surface area contributed by atoms with Gasteiger partial charge in [0.1, 0.15) is 0 Å². The van der Waals surface area contributed by atoms with Gasteiger partial charge in [-0.3, -0.25) is 4.79 Å². The van der Waals surface area contributed by atoms with Crippen LogP contribution in [0.5, 0.6) is 0 Å². The summed E-state index contributed by atoms with van der Waals surface area (Å²) in [5.41, 5.74) is 5.18. The molecule has 3 N–H and O–H groups in total. The molecular formula is C6H11NO3. The van der Waals surface area contributed by atoms with Crippen molar-refractivity contribution in [1.82, 2.24) is 0 Å². The third-order valence-corrected chi connectivity index (χ3v) is 1.17. The van der Waals surface area contributed by atoms with E-state index in [9.17, 15) is 9.59 Å². The van der Waals surface area contributed by atoms with Crippen molar-refractivity contribution < 1.29 is 14.7 Å². The van der Waals surface area contributed by atoms with Gasteiger partial charge in [0.2, 0.25) is 5.78 Å². The second kappa shape index (κ2) is 4.00. The molecule has 0 aliphatic carbocycles. The molecule has 0 heterocycles. The molecule has 0 aromatic rings. The first kappa shape index (κ1) is 9.10. The topological polar surface area (TPSA) is 80.4 Å². The highest BCUT2D eigenvalue weighted by atomic mass is 16.4. The van der Waals surface area contributed by atoms with Gasteiger partial charge >= 0.3 is 5.97 Å². The Morgan fingerprint density at radius 2 is 2.10 bits per heavy atom. The molecule has 0 aliphatic heterocycles. The summed E-state index contributed by atoms with van der Waals surface area (Å²) in [6, 6.07) is 0. The maximum absolute atomic E-state index is 10.5. The van der Waals surface area contributed by atoms with Gasteiger partial charge in [-0.25, -0.2) is 4.79 Å². The molecule has 4 nitrogen and oxygen atoms in total. The van der Waals surface area contributed by atoms with Gasteiger partial charge in [-0.2, -0.15) is 0 Å². The highest BCUT2D eigenvalue weighted by Gasteiger charge is 2.13. The van der Waals surface area contributed by atoms with Gasteiger partial charge in [0.25, 0.3) is 0 Å². The fourth-order valence-corrected chi connectivity index (χ4v) is 0.487. The highest BCUT2D eigenvalue weighted by molar-refractivity contribution is 6.32. The van der Waals surface area contributed by atoms with Crippen LogP contribution in [0.3, 0.4) is 0 Å². The zero-order valence-corrected chi connectivity index (χ0v) is 5.83. The first-order chi connectivity index (χ1) is 4.57. The Bertz CT molecular complexity index is 144. The number of rotatable bonds is 4. The van der Waals surface area contributed by atoms with Crippen molar-refractivity contribution in [3.63, 3.8) is 0 Å². The molecule has 1 unspecified atom stereocenters. The van der Waals surface area contributed by atoms with E-state index in [0.717, 1.165) is 0 Å². The van der Waals surface area contributed by atoms with Crippen LogP contribution < -0.4 is 5.73 Å². The van der Waals surface area contributed by atoms with Gasteiger partial charge < -0.3 is 10.8 Å². The number of aliphatic carboxylic acids is 1. The molecular weight excluding hydrogens is 134 g/mol. The molecule has 0 aliphatic rings. The lowest BCUT2D eigenvalue weighted by Gasteiger charge is -2.02. The van der Waals surface area contributed by atoms with E-state index in [1.165, 1.54) is 0 Å². The van der Waals surface area contributed by atoms with Crippen molar-refractivity contribution in [1.29, 1.82) is 0 Å². The van der Waals surface area contributed by atoms with Gasteiger partial charge in [0.05, 0.1) is 0 Å². The van der Waals surface area contributed by atoms with Crippen LogP contribution in [0.1, 0.15) is 13.3 Å². The second-order valence-electron chi connectivity index (χ2n) is 2.27. The predicted molar refractivity (Wildman–Crippen MR) is 35.5 cm³/mol. The molecule has 0 radical (unpaired) electrons. The minimum absolute atomic E-state index is 0.0336. The van der Waals surface area contributed by atoms with Crippen LogP contribution in [0.15, 0.2) is 0 Å². The molecule has 0 spiro atoms. The van der Waals surface area contributed by atoms with Crippen LogP contribution in [-0.4, -0.2) is 23.4 Å².